The first-order valence-corrected chi connectivity index (χ1v) is 12.2. The second-order valence-corrected chi connectivity index (χ2v) is 9.38. The molecule has 178 valence electrons. The lowest BCUT2D eigenvalue weighted by Crippen LogP contribution is -2.40. The summed E-state index contributed by atoms with van der Waals surface area (Å²) in [7, 11) is -3.92. The summed E-state index contributed by atoms with van der Waals surface area (Å²) in [6.07, 6.45) is 1.41. The summed E-state index contributed by atoms with van der Waals surface area (Å²) in [5, 5.41) is 2.76. The number of para-hydroxylation sites is 1. The van der Waals surface area contributed by atoms with Gasteiger partial charge in [0.05, 0.1) is 23.7 Å². The molecule has 0 saturated carbocycles. The SMILES string of the molecule is CCc1cccc(CC)c1NC(=O)COC(=O)c1cc(S(=O)(=O)N2CCOCC2)ccc1F. The Hall–Kier alpha value is -2.82. The summed E-state index contributed by atoms with van der Waals surface area (Å²) < 4.78 is 51.2. The van der Waals surface area contributed by atoms with E-state index < -0.39 is 39.9 Å². The number of carbonyl (C=O) groups is 2. The molecule has 0 spiro atoms. The number of sulfonamides is 1. The van der Waals surface area contributed by atoms with Gasteiger partial charge in [-0.1, -0.05) is 32.0 Å². The first-order valence-electron chi connectivity index (χ1n) is 10.7. The normalized spacial score (nSPS) is 14.6. The highest BCUT2D eigenvalue weighted by Crippen LogP contribution is 2.23. The van der Waals surface area contributed by atoms with E-state index in [0.29, 0.717) is 18.5 Å². The molecule has 0 radical (unpaired) electrons. The molecule has 3 rings (SSSR count). The average Bonchev–Trinajstić information content (AvgIpc) is 2.83. The highest BCUT2D eigenvalue weighted by atomic mass is 32.2. The van der Waals surface area contributed by atoms with Crippen molar-refractivity contribution in [1.82, 2.24) is 4.31 Å². The minimum atomic E-state index is -3.92. The Kier molecular flexibility index (Phi) is 8.17. The van der Waals surface area contributed by atoms with Crippen LogP contribution in [0, 0.1) is 5.82 Å². The minimum absolute atomic E-state index is 0.165. The number of benzene rings is 2. The largest absolute Gasteiger partial charge is 0.452 e. The van der Waals surface area contributed by atoms with Gasteiger partial charge < -0.3 is 14.8 Å². The van der Waals surface area contributed by atoms with Crippen LogP contribution in [0.3, 0.4) is 0 Å². The Balaban J connectivity index is 1.71. The van der Waals surface area contributed by atoms with Gasteiger partial charge in [0, 0.05) is 18.8 Å². The predicted molar refractivity (Wildman–Crippen MR) is 120 cm³/mol. The number of aryl methyl sites for hydroxylation is 2. The Bertz CT molecular complexity index is 1110. The van der Waals surface area contributed by atoms with Crippen molar-refractivity contribution in [2.24, 2.45) is 0 Å². The summed E-state index contributed by atoms with van der Waals surface area (Å²) in [6, 6.07) is 8.63. The van der Waals surface area contributed by atoms with Gasteiger partial charge in [-0.2, -0.15) is 4.31 Å². The molecule has 10 heteroatoms. The van der Waals surface area contributed by atoms with E-state index in [9.17, 15) is 22.4 Å². The van der Waals surface area contributed by atoms with E-state index in [-0.39, 0.29) is 31.2 Å². The summed E-state index contributed by atoms with van der Waals surface area (Å²) in [5.41, 5.74) is 2.01. The Morgan fingerprint density at radius 1 is 1.09 bits per heavy atom. The zero-order valence-corrected chi connectivity index (χ0v) is 19.4. The summed E-state index contributed by atoms with van der Waals surface area (Å²) >= 11 is 0. The Morgan fingerprint density at radius 2 is 1.73 bits per heavy atom. The van der Waals surface area contributed by atoms with E-state index in [1.807, 2.05) is 32.0 Å². The molecule has 0 unspecified atom stereocenters. The van der Waals surface area contributed by atoms with E-state index in [4.69, 9.17) is 9.47 Å². The van der Waals surface area contributed by atoms with Crippen LogP contribution < -0.4 is 5.32 Å². The first kappa shape index (κ1) is 24.8. The molecule has 2 aromatic rings. The van der Waals surface area contributed by atoms with Crippen molar-refractivity contribution in [2.45, 2.75) is 31.6 Å². The van der Waals surface area contributed by atoms with Gasteiger partial charge in [0.2, 0.25) is 10.0 Å². The number of halogens is 1. The molecule has 8 nitrogen and oxygen atoms in total. The maximum absolute atomic E-state index is 14.3. The third-order valence-corrected chi connectivity index (χ3v) is 7.26. The molecule has 0 aromatic heterocycles. The average molecular weight is 479 g/mol. The van der Waals surface area contributed by atoms with E-state index in [0.717, 1.165) is 29.3 Å². The monoisotopic (exact) mass is 478 g/mol. The zero-order valence-electron chi connectivity index (χ0n) is 18.6. The smallest absolute Gasteiger partial charge is 0.341 e. The molecule has 0 bridgehead atoms. The van der Waals surface area contributed by atoms with Crippen molar-refractivity contribution in [1.29, 1.82) is 0 Å². The van der Waals surface area contributed by atoms with Crippen molar-refractivity contribution in [3.8, 4) is 0 Å². The molecule has 1 heterocycles. The number of hydrogen-bond acceptors (Lipinski definition) is 6. The Labute approximate surface area is 192 Å². The molecule has 0 aliphatic carbocycles. The van der Waals surface area contributed by atoms with Crippen LogP contribution in [-0.2, 0) is 37.1 Å². The fourth-order valence-corrected chi connectivity index (χ4v) is 4.98. The third kappa shape index (κ3) is 5.76. The number of amides is 1. The number of esters is 1. The van der Waals surface area contributed by atoms with E-state index in [1.165, 1.54) is 4.31 Å². The minimum Gasteiger partial charge on any atom is -0.452 e. The number of ether oxygens (including phenoxy) is 2. The predicted octanol–water partition coefficient (Wildman–Crippen LogP) is 2.77. The number of hydrogen-bond donors (Lipinski definition) is 1. The van der Waals surface area contributed by atoms with Gasteiger partial charge in [-0.3, -0.25) is 4.79 Å². The number of nitrogens with one attached hydrogen (secondary N) is 1. The van der Waals surface area contributed by atoms with E-state index >= 15 is 0 Å². The van der Waals surface area contributed by atoms with Gasteiger partial charge in [0.15, 0.2) is 6.61 Å². The second kappa shape index (κ2) is 10.9. The van der Waals surface area contributed by atoms with Crippen LogP contribution in [0.1, 0.15) is 35.3 Å². The molecule has 33 heavy (non-hydrogen) atoms. The molecule has 1 saturated heterocycles. The molecular weight excluding hydrogens is 451 g/mol. The summed E-state index contributed by atoms with van der Waals surface area (Å²) in [4.78, 5) is 24.6. The zero-order chi connectivity index (χ0) is 24.0. The molecule has 1 amide bonds. The van der Waals surface area contributed by atoms with Gasteiger partial charge in [-0.15, -0.1) is 0 Å². The number of rotatable bonds is 8. The molecular formula is C23H27FN2O6S. The number of anilines is 1. The third-order valence-electron chi connectivity index (χ3n) is 5.36. The van der Waals surface area contributed by atoms with Crippen LogP contribution >= 0.6 is 0 Å². The summed E-state index contributed by atoms with van der Waals surface area (Å²) in [6.45, 7) is 4.13. The van der Waals surface area contributed by atoms with Crippen molar-refractivity contribution in [2.75, 3.05) is 38.2 Å². The fourth-order valence-electron chi connectivity index (χ4n) is 3.54. The lowest BCUT2D eigenvalue weighted by Gasteiger charge is -2.26. The van der Waals surface area contributed by atoms with Crippen LogP contribution in [0.2, 0.25) is 0 Å². The van der Waals surface area contributed by atoms with Gasteiger partial charge in [-0.05, 0) is 42.2 Å². The van der Waals surface area contributed by atoms with Crippen LogP contribution in [0.25, 0.3) is 0 Å². The maximum atomic E-state index is 14.3. The molecule has 2 aromatic carbocycles. The second-order valence-electron chi connectivity index (χ2n) is 7.44. The maximum Gasteiger partial charge on any atom is 0.341 e. The first-order chi connectivity index (χ1) is 15.8. The summed E-state index contributed by atoms with van der Waals surface area (Å²) in [5.74, 6) is -2.64. The molecule has 1 N–H and O–H groups in total. The van der Waals surface area contributed by atoms with Gasteiger partial charge in [0.1, 0.15) is 5.82 Å². The molecule has 1 aliphatic heterocycles. The number of nitrogens with zero attached hydrogens (tertiary/aromatic N) is 1. The highest BCUT2D eigenvalue weighted by Gasteiger charge is 2.28. The van der Waals surface area contributed by atoms with Crippen molar-refractivity contribution >= 4 is 27.6 Å². The highest BCUT2D eigenvalue weighted by molar-refractivity contribution is 7.89. The van der Waals surface area contributed by atoms with E-state index in [1.54, 1.807) is 0 Å². The van der Waals surface area contributed by atoms with Gasteiger partial charge >= 0.3 is 5.97 Å². The fraction of sp³-hybridized carbons (Fsp3) is 0.391. The lowest BCUT2D eigenvalue weighted by molar-refractivity contribution is -0.119. The quantitative estimate of drug-likeness (QED) is 0.586. The number of morpholine rings is 1. The van der Waals surface area contributed by atoms with Crippen molar-refractivity contribution in [3.63, 3.8) is 0 Å². The van der Waals surface area contributed by atoms with Crippen LogP contribution in [-0.4, -0.2) is 57.5 Å². The Morgan fingerprint density at radius 3 is 2.33 bits per heavy atom. The molecule has 1 aliphatic rings. The van der Waals surface area contributed by atoms with Crippen LogP contribution in [0.4, 0.5) is 10.1 Å². The van der Waals surface area contributed by atoms with Gasteiger partial charge in [-0.25, -0.2) is 17.6 Å². The van der Waals surface area contributed by atoms with Crippen LogP contribution in [0.15, 0.2) is 41.3 Å². The molecule has 1 fully saturated rings. The lowest BCUT2D eigenvalue weighted by atomic mass is 10.0. The molecule has 0 atom stereocenters. The standard InChI is InChI=1S/C23H27FN2O6S/c1-3-16-6-5-7-17(4-2)22(16)25-21(27)15-32-23(28)19-14-18(8-9-20(19)24)33(29,30)26-10-12-31-13-11-26/h5-9,14H,3-4,10-13,15H2,1-2H3,(H,25,27). The topological polar surface area (TPSA) is 102 Å². The van der Waals surface area contributed by atoms with Crippen molar-refractivity contribution < 1.29 is 31.9 Å². The number of carbonyl (C=O) groups excluding carboxylic acids is 2. The van der Waals surface area contributed by atoms with Crippen LogP contribution in [0.5, 0.6) is 0 Å². The van der Waals surface area contributed by atoms with Gasteiger partial charge in [0.25, 0.3) is 5.91 Å². The van der Waals surface area contributed by atoms with E-state index in [2.05, 4.69) is 5.32 Å². The van der Waals surface area contributed by atoms with Crippen molar-refractivity contribution in [3.05, 3.63) is 58.9 Å².